The Morgan fingerprint density at radius 3 is 2.61 bits per heavy atom. The summed E-state index contributed by atoms with van der Waals surface area (Å²) in [4.78, 5) is 4.07. The van der Waals surface area contributed by atoms with Crippen LogP contribution >= 0.6 is 23.2 Å². The summed E-state index contributed by atoms with van der Waals surface area (Å²) in [5.41, 5.74) is 2.94. The van der Waals surface area contributed by atoms with E-state index in [-0.39, 0.29) is 0 Å². The van der Waals surface area contributed by atoms with Crippen LogP contribution in [0.3, 0.4) is 0 Å². The van der Waals surface area contributed by atoms with Gasteiger partial charge in [0.15, 0.2) is 0 Å². The Morgan fingerprint density at radius 2 is 1.94 bits per heavy atom. The molecular formula is C25H26Cl2N4O2. The summed E-state index contributed by atoms with van der Waals surface area (Å²) in [6.07, 6.45) is 16.7. The monoisotopic (exact) mass is 484 g/mol. The van der Waals surface area contributed by atoms with E-state index < -0.39 is 0 Å². The van der Waals surface area contributed by atoms with Crippen molar-refractivity contribution in [1.82, 2.24) is 19.9 Å². The Kier molecular flexibility index (Phi) is 5.26. The molecule has 3 fully saturated rings. The molecule has 0 aromatic carbocycles. The lowest BCUT2D eigenvalue weighted by Gasteiger charge is -2.57. The molecule has 1 spiro atoms. The molecule has 0 saturated heterocycles. The SMILES string of the molecule is Cn1nccc1OCC1CC2(CC(/C=C/c3c(-c4c(Cl)cncc4Cl)noc3C3CC3)C2)C1. The van der Waals surface area contributed by atoms with E-state index >= 15 is 0 Å². The van der Waals surface area contributed by atoms with Crippen LogP contribution in [0.25, 0.3) is 17.3 Å². The van der Waals surface area contributed by atoms with Crippen LogP contribution in [-0.4, -0.2) is 26.5 Å². The maximum atomic E-state index is 6.42. The average Bonchev–Trinajstić information content (AvgIpc) is 3.37. The fourth-order valence-electron chi connectivity index (χ4n) is 5.67. The average molecular weight is 485 g/mol. The van der Waals surface area contributed by atoms with E-state index in [9.17, 15) is 0 Å². The van der Waals surface area contributed by atoms with Crippen LogP contribution in [0.5, 0.6) is 5.88 Å². The van der Waals surface area contributed by atoms with Crippen LogP contribution in [-0.2, 0) is 7.05 Å². The normalized spacial score (nSPS) is 26.5. The number of hydrogen-bond acceptors (Lipinski definition) is 5. The Hall–Kier alpha value is -2.31. The van der Waals surface area contributed by atoms with Crippen molar-refractivity contribution in [2.75, 3.05) is 6.61 Å². The summed E-state index contributed by atoms with van der Waals surface area (Å²) in [7, 11) is 1.91. The number of nitrogens with zero attached hydrogens (tertiary/aromatic N) is 4. The molecule has 0 unspecified atom stereocenters. The highest BCUT2D eigenvalue weighted by Crippen LogP contribution is 2.61. The Balaban J connectivity index is 1.10. The van der Waals surface area contributed by atoms with E-state index in [1.807, 2.05) is 13.1 Å². The summed E-state index contributed by atoms with van der Waals surface area (Å²) in [6.45, 7) is 0.782. The maximum absolute atomic E-state index is 6.42. The lowest BCUT2D eigenvalue weighted by Crippen LogP contribution is -2.48. The topological polar surface area (TPSA) is 66.0 Å². The van der Waals surface area contributed by atoms with E-state index in [1.165, 1.54) is 25.7 Å². The van der Waals surface area contributed by atoms with Gasteiger partial charge in [0, 0.05) is 42.6 Å². The van der Waals surface area contributed by atoms with Crippen molar-refractivity contribution in [3.63, 3.8) is 0 Å². The molecule has 0 amide bonds. The molecule has 0 atom stereocenters. The van der Waals surface area contributed by atoms with E-state index in [4.69, 9.17) is 32.5 Å². The maximum Gasteiger partial charge on any atom is 0.211 e. The second-order valence-electron chi connectivity index (χ2n) is 9.97. The first-order valence-corrected chi connectivity index (χ1v) is 12.3. The minimum absolute atomic E-state index is 0.449. The number of hydrogen-bond donors (Lipinski definition) is 0. The van der Waals surface area contributed by atoms with E-state index in [1.54, 1.807) is 23.3 Å². The second kappa shape index (κ2) is 8.17. The predicted octanol–water partition coefficient (Wildman–Crippen LogP) is 6.55. The molecule has 0 bridgehead atoms. The van der Waals surface area contributed by atoms with Crippen LogP contribution in [0.1, 0.15) is 55.8 Å². The van der Waals surface area contributed by atoms with Gasteiger partial charge in [0.1, 0.15) is 11.5 Å². The Labute approximate surface area is 202 Å². The van der Waals surface area contributed by atoms with Gasteiger partial charge in [0.05, 0.1) is 22.8 Å². The highest BCUT2D eigenvalue weighted by molar-refractivity contribution is 6.39. The molecule has 3 saturated carbocycles. The predicted molar refractivity (Wildman–Crippen MR) is 127 cm³/mol. The number of aromatic nitrogens is 4. The van der Waals surface area contributed by atoms with Crippen LogP contribution in [0, 0.1) is 17.3 Å². The zero-order chi connectivity index (χ0) is 22.6. The van der Waals surface area contributed by atoms with Gasteiger partial charge in [-0.3, -0.25) is 4.98 Å². The molecule has 8 heteroatoms. The third kappa shape index (κ3) is 3.97. The molecule has 33 heavy (non-hydrogen) atoms. The van der Waals surface area contributed by atoms with Crippen molar-refractivity contribution in [2.24, 2.45) is 24.3 Å². The number of rotatable bonds is 7. The molecule has 0 radical (unpaired) electrons. The van der Waals surface area contributed by atoms with Crippen molar-refractivity contribution >= 4 is 29.3 Å². The molecule has 6 rings (SSSR count). The smallest absolute Gasteiger partial charge is 0.211 e. The van der Waals surface area contributed by atoms with Gasteiger partial charge in [0.25, 0.3) is 0 Å². The van der Waals surface area contributed by atoms with Crippen LogP contribution in [0.15, 0.2) is 35.3 Å². The molecular weight excluding hydrogens is 459 g/mol. The number of halogens is 2. The van der Waals surface area contributed by atoms with Crippen molar-refractivity contribution in [3.05, 3.63) is 52.1 Å². The molecule has 172 valence electrons. The molecule has 0 N–H and O–H groups in total. The van der Waals surface area contributed by atoms with Gasteiger partial charge < -0.3 is 9.26 Å². The minimum Gasteiger partial charge on any atom is -0.478 e. The molecule has 3 aliphatic rings. The van der Waals surface area contributed by atoms with Gasteiger partial charge in [-0.25, -0.2) is 4.68 Å². The third-order valence-electron chi connectivity index (χ3n) is 7.41. The van der Waals surface area contributed by atoms with Gasteiger partial charge in [0.2, 0.25) is 5.88 Å². The van der Waals surface area contributed by atoms with Gasteiger partial charge in [-0.05, 0) is 55.8 Å². The number of pyridine rings is 1. The first-order chi connectivity index (χ1) is 16.0. The van der Waals surface area contributed by atoms with Gasteiger partial charge >= 0.3 is 0 Å². The van der Waals surface area contributed by atoms with Crippen LogP contribution < -0.4 is 4.74 Å². The summed E-state index contributed by atoms with van der Waals surface area (Å²) in [6, 6.07) is 1.92. The van der Waals surface area contributed by atoms with E-state index in [2.05, 4.69) is 27.4 Å². The fraction of sp³-hybridized carbons (Fsp3) is 0.480. The largest absolute Gasteiger partial charge is 0.478 e. The molecule has 0 aliphatic heterocycles. The second-order valence-corrected chi connectivity index (χ2v) is 10.8. The van der Waals surface area contributed by atoms with E-state index in [0.717, 1.165) is 42.3 Å². The zero-order valence-electron chi connectivity index (χ0n) is 18.5. The minimum atomic E-state index is 0.449. The van der Waals surface area contributed by atoms with Gasteiger partial charge in [-0.2, -0.15) is 5.10 Å². The zero-order valence-corrected chi connectivity index (χ0v) is 20.0. The fourth-order valence-corrected chi connectivity index (χ4v) is 6.22. The molecule has 3 heterocycles. The highest BCUT2D eigenvalue weighted by atomic mass is 35.5. The van der Waals surface area contributed by atoms with Crippen molar-refractivity contribution in [1.29, 1.82) is 0 Å². The van der Waals surface area contributed by atoms with Crippen LogP contribution in [0.4, 0.5) is 0 Å². The molecule has 6 nitrogen and oxygen atoms in total. The first-order valence-electron chi connectivity index (χ1n) is 11.6. The summed E-state index contributed by atoms with van der Waals surface area (Å²) >= 11 is 12.8. The highest BCUT2D eigenvalue weighted by Gasteiger charge is 2.52. The van der Waals surface area contributed by atoms with Crippen LogP contribution in [0.2, 0.25) is 10.0 Å². The van der Waals surface area contributed by atoms with Gasteiger partial charge in [-0.1, -0.05) is 40.5 Å². The Bertz CT molecular complexity index is 1180. The molecule has 3 aromatic heterocycles. The number of allylic oxidation sites excluding steroid dienone is 1. The molecule has 3 aliphatic carbocycles. The standard InChI is InChI=1S/C25H26Cl2N4O2/c1-31-21(6-7-29-31)32-14-16-10-25(11-16)8-15(9-25)2-5-18-23(30-33-24(18)17-3-4-17)22-19(26)12-28-13-20(22)27/h2,5-7,12-13,15-17H,3-4,8-11,14H2,1H3/b5-2+. The summed E-state index contributed by atoms with van der Waals surface area (Å²) in [5.74, 6) is 3.48. The quantitative estimate of drug-likeness (QED) is 0.380. The van der Waals surface area contributed by atoms with Crippen molar-refractivity contribution in [2.45, 2.75) is 44.4 Å². The molecule has 3 aromatic rings. The van der Waals surface area contributed by atoms with Crippen molar-refractivity contribution in [3.8, 4) is 17.1 Å². The van der Waals surface area contributed by atoms with Gasteiger partial charge in [-0.15, -0.1) is 0 Å². The Morgan fingerprint density at radius 1 is 1.18 bits per heavy atom. The lowest BCUT2D eigenvalue weighted by molar-refractivity contribution is -0.0665. The number of ether oxygens (including phenoxy) is 1. The summed E-state index contributed by atoms with van der Waals surface area (Å²) in [5, 5.41) is 9.50. The van der Waals surface area contributed by atoms with E-state index in [0.29, 0.717) is 38.8 Å². The van der Waals surface area contributed by atoms with Crippen molar-refractivity contribution < 1.29 is 9.26 Å². The number of aryl methyl sites for hydroxylation is 1. The third-order valence-corrected chi connectivity index (χ3v) is 7.98. The lowest BCUT2D eigenvalue weighted by atomic mass is 9.48. The first kappa shape index (κ1) is 21.2. The summed E-state index contributed by atoms with van der Waals surface area (Å²) < 4.78 is 13.5.